The lowest BCUT2D eigenvalue weighted by atomic mass is 9.87. The van der Waals surface area contributed by atoms with Gasteiger partial charge in [0, 0.05) is 31.6 Å². The van der Waals surface area contributed by atoms with Crippen molar-refractivity contribution in [1.82, 2.24) is 9.88 Å². The molecule has 1 N–H and O–H groups in total. The van der Waals surface area contributed by atoms with E-state index in [1.807, 2.05) is 0 Å². The molecule has 0 radical (unpaired) electrons. The monoisotopic (exact) mass is 406 g/mol. The maximum Gasteiger partial charge on any atom is 0.127 e. The number of pyridine rings is 1. The molecule has 0 unspecified atom stereocenters. The molecule has 136 valence electrons. The molecule has 0 aromatic carbocycles. The molecule has 2 fully saturated rings. The van der Waals surface area contributed by atoms with Crippen molar-refractivity contribution in [1.29, 1.82) is 5.26 Å². The lowest BCUT2D eigenvalue weighted by Crippen LogP contribution is -2.44. The highest BCUT2D eigenvalue weighted by Gasteiger charge is 2.23. The normalized spacial score (nSPS) is 30.6. The van der Waals surface area contributed by atoms with Crippen molar-refractivity contribution in [2.45, 2.75) is 64.3 Å². The van der Waals surface area contributed by atoms with E-state index in [-0.39, 0.29) is 18.1 Å². The fourth-order valence-corrected chi connectivity index (χ4v) is 4.45. The second-order valence-corrected chi connectivity index (χ2v) is 8.27. The van der Waals surface area contributed by atoms with Gasteiger partial charge in [-0.15, -0.1) is 0 Å². The van der Waals surface area contributed by atoms with Crippen LogP contribution >= 0.6 is 15.9 Å². The molecule has 0 spiro atoms. The van der Waals surface area contributed by atoms with Gasteiger partial charge in [0.2, 0.25) is 0 Å². The largest absolute Gasteiger partial charge is 0.373 e. The molecule has 1 aliphatic heterocycles. The second kappa shape index (κ2) is 8.48. The summed E-state index contributed by atoms with van der Waals surface area (Å²) in [5.41, 5.74) is 1.26. The third-order valence-corrected chi connectivity index (χ3v) is 5.42. The Labute approximate surface area is 158 Å². The summed E-state index contributed by atoms with van der Waals surface area (Å²) in [5.74, 6) is 1.16. The van der Waals surface area contributed by atoms with E-state index in [1.54, 1.807) is 0 Å². The molecule has 25 heavy (non-hydrogen) atoms. The van der Waals surface area contributed by atoms with Gasteiger partial charge in [0.1, 0.15) is 10.4 Å². The second-order valence-electron chi connectivity index (χ2n) is 7.46. The first kappa shape index (κ1) is 18.6. The van der Waals surface area contributed by atoms with Gasteiger partial charge in [-0.1, -0.05) is 0 Å². The van der Waals surface area contributed by atoms with Crippen LogP contribution in [0.5, 0.6) is 0 Å². The van der Waals surface area contributed by atoms with Gasteiger partial charge in [0.05, 0.1) is 18.3 Å². The third-order valence-electron chi connectivity index (χ3n) is 5.02. The molecule has 5 nitrogen and oxygen atoms in total. The van der Waals surface area contributed by atoms with Crippen LogP contribution in [-0.4, -0.2) is 41.2 Å². The zero-order valence-corrected chi connectivity index (χ0v) is 16.6. The highest BCUT2D eigenvalue weighted by Crippen LogP contribution is 2.27. The molecule has 0 bridgehead atoms. The Balaban J connectivity index is 1.61. The van der Waals surface area contributed by atoms with Crippen molar-refractivity contribution in [3.63, 3.8) is 0 Å². The minimum Gasteiger partial charge on any atom is -0.373 e. The number of rotatable bonds is 4. The molecule has 1 saturated carbocycles. The van der Waals surface area contributed by atoms with E-state index in [0.717, 1.165) is 55.7 Å². The molecule has 1 aliphatic carbocycles. The summed E-state index contributed by atoms with van der Waals surface area (Å²) in [6.45, 7) is 7.11. The van der Waals surface area contributed by atoms with E-state index < -0.39 is 0 Å². The standard InChI is InChI=1S/C19H27BrN4O/c1-13-10-24(11-14(2)25-13)12-16-7-18(20)23-19(8-16)22-17-5-3-15(9-21)4-6-17/h7-8,13-15,17H,3-6,10-12H2,1-2H3,(H,22,23)/t13-,14+,15?,17?. The molecule has 2 atom stereocenters. The SMILES string of the molecule is C[C@@H]1CN(Cc2cc(Br)nc(NC3CCC(C#N)CC3)c2)C[C@H](C)O1. The van der Waals surface area contributed by atoms with Crippen molar-refractivity contribution < 1.29 is 4.74 Å². The smallest absolute Gasteiger partial charge is 0.127 e. The summed E-state index contributed by atoms with van der Waals surface area (Å²) < 4.78 is 6.69. The van der Waals surface area contributed by atoms with E-state index >= 15 is 0 Å². The van der Waals surface area contributed by atoms with Crippen molar-refractivity contribution in [2.75, 3.05) is 18.4 Å². The summed E-state index contributed by atoms with van der Waals surface area (Å²) in [4.78, 5) is 7.03. The molecule has 0 amide bonds. The number of hydrogen-bond acceptors (Lipinski definition) is 5. The molecular formula is C19H27BrN4O. The Morgan fingerprint density at radius 3 is 2.56 bits per heavy atom. The number of aromatic nitrogens is 1. The summed E-state index contributed by atoms with van der Waals surface area (Å²) in [6.07, 6.45) is 4.61. The van der Waals surface area contributed by atoms with Crippen molar-refractivity contribution >= 4 is 21.7 Å². The van der Waals surface area contributed by atoms with Crippen LogP contribution in [0.15, 0.2) is 16.7 Å². The Morgan fingerprint density at radius 1 is 1.24 bits per heavy atom. The number of morpholine rings is 1. The van der Waals surface area contributed by atoms with Crippen LogP contribution in [0.3, 0.4) is 0 Å². The number of ether oxygens (including phenoxy) is 1. The van der Waals surface area contributed by atoms with E-state index in [9.17, 15) is 0 Å². The Morgan fingerprint density at radius 2 is 1.92 bits per heavy atom. The van der Waals surface area contributed by atoms with Crippen LogP contribution in [0.25, 0.3) is 0 Å². The molecular weight excluding hydrogens is 380 g/mol. The third kappa shape index (κ3) is 5.40. The molecule has 3 rings (SSSR count). The first-order chi connectivity index (χ1) is 12.0. The Kier molecular flexibility index (Phi) is 6.32. The first-order valence-corrected chi connectivity index (χ1v) is 10.0. The van der Waals surface area contributed by atoms with Crippen LogP contribution < -0.4 is 5.32 Å². The van der Waals surface area contributed by atoms with Gasteiger partial charge in [0.15, 0.2) is 0 Å². The minimum absolute atomic E-state index is 0.231. The number of anilines is 1. The maximum atomic E-state index is 9.03. The Hall–Kier alpha value is -1.16. The average Bonchev–Trinajstić information content (AvgIpc) is 2.54. The van der Waals surface area contributed by atoms with E-state index in [0.29, 0.717) is 6.04 Å². The molecule has 1 aromatic heterocycles. The highest BCUT2D eigenvalue weighted by atomic mass is 79.9. The predicted molar refractivity (Wildman–Crippen MR) is 102 cm³/mol. The van der Waals surface area contributed by atoms with E-state index in [4.69, 9.17) is 10.00 Å². The summed E-state index contributed by atoms with van der Waals surface area (Å²) >= 11 is 3.55. The maximum absolute atomic E-state index is 9.03. The van der Waals surface area contributed by atoms with Crippen LogP contribution in [0.4, 0.5) is 5.82 Å². The van der Waals surface area contributed by atoms with Gasteiger partial charge < -0.3 is 10.1 Å². The van der Waals surface area contributed by atoms with Gasteiger partial charge in [-0.2, -0.15) is 5.26 Å². The zero-order valence-electron chi connectivity index (χ0n) is 15.0. The van der Waals surface area contributed by atoms with Crippen LogP contribution in [0.2, 0.25) is 0 Å². The lowest BCUT2D eigenvalue weighted by Gasteiger charge is -2.35. The fourth-order valence-electron chi connectivity index (χ4n) is 3.96. The predicted octanol–water partition coefficient (Wildman–Crippen LogP) is 3.95. The van der Waals surface area contributed by atoms with Crippen molar-refractivity contribution in [3.8, 4) is 6.07 Å². The first-order valence-electron chi connectivity index (χ1n) is 9.22. The fraction of sp³-hybridized carbons (Fsp3) is 0.684. The molecule has 2 heterocycles. The van der Waals surface area contributed by atoms with E-state index in [2.05, 4.69) is 63.2 Å². The van der Waals surface area contributed by atoms with Crippen molar-refractivity contribution in [3.05, 3.63) is 22.3 Å². The van der Waals surface area contributed by atoms with Gasteiger partial charge in [-0.25, -0.2) is 4.98 Å². The minimum atomic E-state index is 0.231. The molecule has 1 aromatic rings. The quantitative estimate of drug-likeness (QED) is 0.766. The number of hydrogen-bond donors (Lipinski definition) is 1. The van der Waals surface area contributed by atoms with Crippen LogP contribution in [0, 0.1) is 17.2 Å². The van der Waals surface area contributed by atoms with Gasteiger partial charge >= 0.3 is 0 Å². The van der Waals surface area contributed by atoms with Crippen LogP contribution in [-0.2, 0) is 11.3 Å². The summed E-state index contributed by atoms with van der Waals surface area (Å²) in [6, 6.07) is 7.07. The van der Waals surface area contributed by atoms with Gasteiger partial charge in [0.25, 0.3) is 0 Å². The van der Waals surface area contributed by atoms with Crippen molar-refractivity contribution in [2.24, 2.45) is 5.92 Å². The number of halogens is 1. The molecule has 6 heteroatoms. The number of nitriles is 1. The lowest BCUT2D eigenvalue weighted by molar-refractivity contribution is -0.0704. The number of nitrogens with zero attached hydrogens (tertiary/aromatic N) is 3. The van der Waals surface area contributed by atoms with Gasteiger partial charge in [-0.3, -0.25) is 4.90 Å². The topological polar surface area (TPSA) is 61.2 Å². The molecule has 2 aliphatic rings. The Bertz CT molecular complexity index is 614. The number of nitrogens with one attached hydrogen (secondary N) is 1. The zero-order chi connectivity index (χ0) is 17.8. The summed E-state index contributed by atoms with van der Waals surface area (Å²) in [7, 11) is 0. The molecule has 1 saturated heterocycles. The highest BCUT2D eigenvalue weighted by molar-refractivity contribution is 9.10. The van der Waals surface area contributed by atoms with E-state index in [1.165, 1.54) is 5.56 Å². The van der Waals surface area contributed by atoms with Gasteiger partial charge in [-0.05, 0) is 73.2 Å². The van der Waals surface area contributed by atoms with Crippen LogP contribution in [0.1, 0.15) is 45.1 Å². The summed E-state index contributed by atoms with van der Waals surface area (Å²) in [5, 5.41) is 12.6. The average molecular weight is 407 g/mol.